The molecule has 0 saturated heterocycles. The quantitative estimate of drug-likeness (QED) is 0.645. The first kappa shape index (κ1) is 20.8. The van der Waals surface area contributed by atoms with E-state index in [0.717, 1.165) is 29.7 Å². The summed E-state index contributed by atoms with van der Waals surface area (Å²) in [5, 5.41) is 6.77. The van der Waals surface area contributed by atoms with Crippen LogP contribution in [0.4, 0.5) is 5.69 Å². The number of carbonyl (C=O) groups is 2. The Kier molecular flexibility index (Phi) is 5.89. The standard InChI is InChI=1S/C25H27N3O3/c1-16(2)11-21-14-22(27-31-21)24(29)26-15-18-9-10-20-12-17(3)28(23(20)13-18)25(30)19-7-5-4-6-8-19/h4-10,13-14,16-17H,11-12,15H2,1-3H3,(H,26,29). The molecule has 0 bridgehead atoms. The molecule has 160 valence electrons. The summed E-state index contributed by atoms with van der Waals surface area (Å²) >= 11 is 0. The van der Waals surface area contributed by atoms with Crippen molar-refractivity contribution in [3.05, 3.63) is 82.7 Å². The first-order valence-electron chi connectivity index (χ1n) is 10.7. The van der Waals surface area contributed by atoms with E-state index in [0.29, 0.717) is 23.8 Å². The van der Waals surface area contributed by atoms with E-state index >= 15 is 0 Å². The third-order valence-electron chi connectivity index (χ3n) is 5.46. The Balaban J connectivity index is 1.47. The number of anilines is 1. The summed E-state index contributed by atoms with van der Waals surface area (Å²) in [5.74, 6) is 0.860. The Morgan fingerprint density at radius 1 is 1.16 bits per heavy atom. The SMILES string of the molecule is CC(C)Cc1cc(C(=O)NCc2ccc3c(c2)N(C(=O)c2ccccc2)C(C)C3)no1. The highest BCUT2D eigenvalue weighted by atomic mass is 16.5. The Labute approximate surface area is 182 Å². The third kappa shape index (κ3) is 4.53. The second-order valence-corrected chi connectivity index (χ2v) is 8.52. The normalized spacial score (nSPS) is 15.2. The van der Waals surface area contributed by atoms with Gasteiger partial charge in [-0.2, -0.15) is 0 Å². The van der Waals surface area contributed by atoms with Crippen molar-refractivity contribution in [1.82, 2.24) is 10.5 Å². The summed E-state index contributed by atoms with van der Waals surface area (Å²) in [4.78, 5) is 27.4. The van der Waals surface area contributed by atoms with Crippen LogP contribution in [0.25, 0.3) is 0 Å². The molecule has 1 aliphatic heterocycles. The van der Waals surface area contributed by atoms with E-state index in [-0.39, 0.29) is 23.6 Å². The van der Waals surface area contributed by atoms with Gasteiger partial charge in [0, 0.05) is 36.3 Å². The maximum atomic E-state index is 13.1. The number of nitrogens with zero attached hydrogens (tertiary/aromatic N) is 2. The Hall–Kier alpha value is -3.41. The number of hydrogen-bond donors (Lipinski definition) is 1. The van der Waals surface area contributed by atoms with Crippen LogP contribution in [0, 0.1) is 5.92 Å². The van der Waals surface area contributed by atoms with Gasteiger partial charge < -0.3 is 14.7 Å². The molecule has 1 atom stereocenters. The van der Waals surface area contributed by atoms with Crippen LogP contribution in [0.15, 0.2) is 59.1 Å². The first-order valence-corrected chi connectivity index (χ1v) is 10.7. The first-order chi connectivity index (χ1) is 14.9. The highest BCUT2D eigenvalue weighted by molar-refractivity contribution is 6.07. The van der Waals surface area contributed by atoms with Gasteiger partial charge in [0.05, 0.1) is 0 Å². The van der Waals surface area contributed by atoms with Crippen LogP contribution in [0.5, 0.6) is 0 Å². The maximum Gasteiger partial charge on any atom is 0.273 e. The van der Waals surface area contributed by atoms with Crippen molar-refractivity contribution in [3.63, 3.8) is 0 Å². The van der Waals surface area contributed by atoms with E-state index < -0.39 is 0 Å². The number of hydrogen-bond acceptors (Lipinski definition) is 4. The Bertz CT molecular complexity index is 1090. The van der Waals surface area contributed by atoms with Gasteiger partial charge in [-0.25, -0.2) is 0 Å². The molecule has 2 aromatic carbocycles. The van der Waals surface area contributed by atoms with Crippen molar-refractivity contribution in [3.8, 4) is 0 Å². The molecule has 0 spiro atoms. The highest BCUT2D eigenvalue weighted by Crippen LogP contribution is 2.34. The van der Waals surface area contributed by atoms with Crippen molar-refractivity contribution < 1.29 is 14.1 Å². The summed E-state index contributed by atoms with van der Waals surface area (Å²) in [5.41, 5.74) is 3.93. The van der Waals surface area contributed by atoms with Gasteiger partial charge in [0.25, 0.3) is 11.8 Å². The lowest BCUT2D eigenvalue weighted by atomic mass is 10.1. The smallest absolute Gasteiger partial charge is 0.273 e. The molecule has 2 amide bonds. The number of aromatic nitrogens is 1. The fraction of sp³-hybridized carbons (Fsp3) is 0.320. The molecule has 3 aromatic rings. The minimum Gasteiger partial charge on any atom is -0.361 e. The van der Waals surface area contributed by atoms with Crippen LogP contribution in [0.2, 0.25) is 0 Å². The van der Waals surface area contributed by atoms with Crippen molar-refractivity contribution in [1.29, 1.82) is 0 Å². The highest BCUT2D eigenvalue weighted by Gasteiger charge is 2.31. The average molecular weight is 418 g/mol. The van der Waals surface area contributed by atoms with Crippen LogP contribution in [0.1, 0.15) is 58.5 Å². The Morgan fingerprint density at radius 3 is 2.68 bits per heavy atom. The lowest BCUT2D eigenvalue weighted by molar-refractivity contribution is 0.0940. The van der Waals surface area contributed by atoms with Crippen LogP contribution in [-0.4, -0.2) is 23.0 Å². The molecule has 0 radical (unpaired) electrons. The van der Waals surface area contributed by atoms with E-state index in [4.69, 9.17) is 4.52 Å². The molecule has 1 unspecified atom stereocenters. The minimum absolute atomic E-state index is 0.00619. The second-order valence-electron chi connectivity index (χ2n) is 8.52. The summed E-state index contributed by atoms with van der Waals surface area (Å²) in [6, 6.07) is 17.1. The number of nitrogens with one attached hydrogen (secondary N) is 1. The van der Waals surface area contributed by atoms with E-state index in [1.807, 2.05) is 53.4 Å². The average Bonchev–Trinajstić information content (AvgIpc) is 3.35. The molecule has 2 heterocycles. The van der Waals surface area contributed by atoms with Crippen molar-refractivity contribution in [2.45, 2.75) is 46.2 Å². The van der Waals surface area contributed by atoms with Crippen molar-refractivity contribution >= 4 is 17.5 Å². The summed E-state index contributed by atoms with van der Waals surface area (Å²) < 4.78 is 5.25. The molecule has 0 aliphatic carbocycles. The van der Waals surface area contributed by atoms with E-state index in [1.54, 1.807) is 6.07 Å². The van der Waals surface area contributed by atoms with Gasteiger partial charge >= 0.3 is 0 Å². The molecular formula is C25H27N3O3. The third-order valence-corrected chi connectivity index (χ3v) is 5.46. The largest absolute Gasteiger partial charge is 0.361 e. The van der Waals surface area contributed by atoms with Gasteiger partial charge in [-0.3, -0.25) is 9.59 Å². The number of fused-ring (bicyclic) bond motifs is 1. The van der Waals surface area contributed by atoms with Crippen molar-refractivity contribution in [2.75, 3.05) is 4.90 Å². The van der Waals surface area contributed by atoms with Crippen LogP contribution in [-0.2, 0) is 19.4 Å². The van der Waals surface area contributed by atoms with Gasteiger partial charge in [0.1, 0.15) is 5.76 Å². The van der Waals surface area contributed by atoms with E-state index in [2.05, 4.69) is 31.2 Å². The number of amides is 2. The van der Waals surface area contributed by atoms with E-state index in [9.17, 15) is 9.59 Å². The van der Waals surface area contributed by atoms with Crippen LogP contribution >= 0.6 is 0 Å². The molecule has 0 fully saturated rings. The zero-order valence-electron chi connectivity index (χ0n) is 18.1. The molecule has 1 N–H and O–H groups in total. The summed E-state index contributed by atoms with van der Waals surface area (Å²) in [6.07, 6.45) is 1.56. The topological polar surface area (TPSA) is 75.4 Å². The fourth-order valence-corrected chi connectivity index (χ4v) is 3.98. The predicted octanol–water partition coefficient (Wildman–Crippen LogP) is 4.39. The molecule has 1 aliphatic rings. The molecule has 6 nitrogen and oxygen atoms in total. The second kappa shape index (κ2) is 8.76. The van der Waals surface area contributed by atoms with Crippen LogP contribution in [0.3, 0.4) is 0 Å². The number of rotatable bonds is 6. The molecule has 31 heavy (non-hydrogen) atoms. The predicted molar refractivity (Wildman–Crippen MR) is 119 cm³/mol. The summed E-state index contributed by atoms with van der Waals surface area (Å²) in [6.45, 7) is 6.58. The zero-order valence-corrected chi connectivity index (χ0v) is 18.1. The van der Waals surface area contributed by atoms with Gasteiger partial charge in [-0.15, -0.1) is 0 Å². The number of carbonyl (C=O) groups excluding carboxylic acids is 2. The van der Waals surface area contributed by atoms with Gasteiger partial charge in [-0.05, 0) is 48.6 Å². The Morgan fingerprint density at radius 2 is 1.94 bits per heavy atom. The van der Waals surface area contributed by atoms with Gasteiger partial charge in [0.2, 0.25) is 0 Å². The minimum atomic E-state index is -0.273. The maximum absolute atomic E-state index is 13.1. The lowest BCUT2D eigenvalue weighted by Gasteiger charge is -2.23. The molecule has 1 aromatic heterocycles. The van der Waals surface area contributed by atoms with Crippen molar-refractivity contribution in [2.24, 2.45) is 5.92 Å². The van der Waals surface area contributed by atoms with Gasteiger partial charge in [0.15, 0.2) is 5.69 Å². The van der Waals surface area contributed by atoms with Gasteiger partial charge in [-0.1, -0.05) is 49.3 Å². The lowest BCUT2D eigenvalue weighted by Crippen LogP contribution is -2.35. The van der Waals surface area contributed by atoms with Crippen LogP contribution < -0.4 is 10.2 Å². The fourth-order valence-electron chi connectivity index (χ4n) is 3.98. The molecular weight excluding hydrogens is 390 g/mol. The monoisotopic (exact) mass is 417 g/mol. The summed E-state index contributed by atoms with van der Waals surface area (Å²) in [7, 11) is 0. The molecule has 6 heteroatoms. The number of benzene rings is 2. The van der Waals surface area contributed by atoms with E-state index in [1.165, 1.54) is 0 Å². The molecule has 4 rings (SSSR count). The molecule has 0 saturated carbocycles. The zero-order chi connectivity index (χ0) is 22.0.